The first-order valence-corrected chi connectivity index (χ1v) is 10.5. The summed E-state index contributed by atoms with van der Waals surface area (Å²) < 4.78 is 45.8. The van der Waals surface area contributed by atoms with Crippen LogP contribution in [0.1, 0.15) is 26.3 Å². The summed E-state index contributed by atoms with van der Waals surface area (Å²) in [4.78, 5) is 13.9. The third kappa shape index (κ3) is 6.75. The molecule has 0 radical (unpaired) electrons. The molecule has 1 fully saturated rings. The molecule has 9 heteroatoms. The van der Waals surface area contributed by atoms with Crippen molar-refractivity contribution in [3.8, 4) is 0 Å². The molecule has 7 nitrogen and oxygen atoms in total. The van der Waals surface area contributed by atoms with Gasteiger partial charge in [-0.1, -0.05) is 12.1 Å². The molecule has 0 aromatic heterocycles. The van der Waals surface area contributed by atoms with Crippen LogP contribution in [0.25, 0.3) is 0 Å². The van der Waals surface area contributed by atoms with Gasteiger partial charge >= 0.3 is 6.09 Å². The zero-order chi connectivity index (χ0) is 20.2. The fourth-order valence-electron chi connectivity index (χ4n) is 2.96. The molecule has 1 aromatic rings. The number of likely N-dealkylation sites (N-methyl/N-ethyl adjacent to an activating group) is 1. The largest absolute Gasteiger partial charge is 0.444 e. The molecule has 152 valence electrons. The minimum absolute atomic E-state index is 0.141. The number of carbonyl (C=O) groups is 1. The van der Waals surface area contributed by atoms with Crippen LogP contribution in [-0.4, -0.2) is 68.6 Å². The molecule has 0 spiro atoms. The lowest BCUT2D eigenvalue weighted by molar-refractivity contribution is 0.0503. The Morgan fingerprint density at radius 2 is 2.04 bits per heavy atom. The van der Waals surface area contributed by atoms with E-state index in [0.29, 0.717) is 25.2 Å². The third-order valence-corrected chi connectivity index (χ3v) is 6.00. The smallest absolute Gasteiger partial charge is 0.407 e. The number of amides is 1. The van der Waals surface area contributed by atoms with Crippen molar-refractivity contribution in [2.75, 3.05) is 33.2 Å². The number of carbonyl (C=O) groups excluding carboxylic acids is 1. The number of sulfonamides is 1. The molecule has 0 saturated carbocycles. The molecule has 1 saturated heterocycles. The van der Waals surface area contributed by atoms with Crippen molar-refractivity contribution in [3.05, 3.63) is 35.6 Å². The summed E-state index contributed by atoms with van der Waals surface area (Å²) in [6.07, 6.45) is -0.585. The molecule has 2 rings (SSSR count). The molecule has 1 heterocycles. The average Bonchev–Trinajstić information content (AvgIpc) is 2.50. The van der Waals surface area contributed by atoms with Crippen molar-refractivity contribution in [3.63, 3.8) is 0 Å². The van der Waals surface area contributed by atoms with E-state index in [0.717, 1.165) is 0 Å². The van der Waals surface area contributed by atoms with Crippen LogP contribution in [0, 0.1) is 5.82 Å². The first-order chi connectivity index (χ1) is 12.5. The lowest BCUT2D eigenvalue weighted by Gasteiger charge is -2.39. The molecule has 1 atom stereocenters. The van der Waals surface area contributed by atoms with Gasteiger partial charge in [-0.2, -0.15) is 4.31 Å². The predicted molar refractivity (Wildman–Crippen MR) is 101 cm³/mol. The first-order valence-electron chi connectivity index (χ1n) is 8.86. The van der Waals surface area contributed by atoms with E-state index in [2.05, 4.69) is 5.32 Å². The van der Waals surface area contributed by atoms with Gasteiger partial charge in [-0.05, 0) is 45.5 Å². The molecule has 1 aliphatic rings. The summed E-state index contributed by atoms with van der Waals surface area (Å²) in [5.41, 5.74) is -0.232. The highest BCUT2D eigenvalue weighted by atomic mass is 32.2. The Kier molecular flexibility index (Phi) is 6.82. The number of hydrogen-bond donors (Lipinski definition) is 1. The van der Waals surface area contributed by atoms with Crippen LogP contribution in [-0.2, 0) is 20.5 Å². The number of benzene rings is 1. The normalized spacial score (nSPS) is 19.7. The Bertz CT molecular complexity index is 764. The van der Waals surface area contributed by atoms with Crippen LogP contribution in [0.4, 0.5) is 9.18 Å². The first kappa shape index (κ1) is 21.6. The fraction of sp³-hybridized carbons (Fsp3) is 0.611. The highest BCUT2D eigenvalue weighted by Gasteiger charge is 2.34. The molecule has 1 amide bonds. The van der Waals surface area contributed by atoms with Gasteiger partial charge in [-0.3, -0.25) is 0 Å². The van der Waals surface area contributed by atoms with E-state index in [-0.39, 0.29) is 12.3 Å². The number of piperazine rings is 1. The Balaban J connectivity index is 2.08. The number of ether oxygens (including phenoxy) is 1. The summed E-state index contributed by atoms with van der Waals surface area (Å²) >= 11 is 0. The number of nitrogens with zero attached hydrogens (tertiary/aromatic N) is 2. The molecule has 1 aromatic carbocycles. The monoisotopic (exact) mass is 401 g/mol. The van der Waals surface area contributed by atoms with Gasteiger partial charge in [0.25, 0.3) is 0 Å². The Morgan fingerprint density at radius 3 is 2.67 bits per heavy atom. The van der Waals surface area contributed by atoms with Gasteiger partial charge in [0.2, 0.25) is 10.0 Å². The Hall–Kier alpha value is -1.71. The maximum absolute atomic E-state index is 13.4. The van der Waals surface area contributed by atoms with Gasteiger partial charge in [0.15, 0.2) is 0 Å². The SMILES string of the molecule is CN1CCN(S(=O)(=O)Cc2cccc(F)c2)[C@@H](CNC(=O)OC(C)(C)C)C1. The van der Waals surface area contributed by atoms with E-state index in [9.17, 15) is 17.6 Å². The summed E-state index contributed by atoms with van der Waals surface area (Å²) in [6.45, 7) is 6.81. The molecule has 0 unspecified atom stereocenters. The van der Waals surface area contributed by atoms with E-state index < -0.39 is 33.6 Å². The Morgan fingerprint density at radius 1 is 1.33 bits per heavy atom. The number of hydrogen-bond acceptors (Lipinski definition) is 5. The third-order valence-electron chi connectivity index (χ3n) is 4.11. The van der Waals surface area contributed by atoms with Crippen molar-refractivity contribution in [1.82, 2.24) is 14.5 Å². The second-order valence-corrected chi connectivity index (χ2v) is 9.72. The molecule has 0 bridgehead atoms. The van der Waals surface area contributed by atoms with Gasteiger partial charge < -0.3 is 15.0 Å². The predicted octanol–water partition coefficient (Wildman–Crippen LogP) is 1.80. The van der Waals surface area contributed by atoms with Crippen LogP contribution in [0.2, 0.25) is 0 Å². The van der Waals surface area contributed by atoms with Gasteiger partial charge in [0.05, 0.1) is 11.8 Å². The maximum Gasteiger partial charge on any atom is 0.407 e. The summed E-state index contributed by atoms with van der Waals surface area (Å²) in [5, 5.41) is 2.65. The topological polar surface area (TPSA) is 79.0 Å². The van der Waals surface area contributed by atoms with Gasteiger partial charge in [-0.25, -0.2) is 17.6 Å². The molecule has 1 aliphatic heterocycles. The number of rotatable bonds is 5. The lowest BCUT2D eigenvalue weighted by Crippen LogP contribution is -2.58. The fourth-order valence-corrected chi connectivity index (χ4v) is 4.68. The van der Waals surface area contributed by atoms with Crippen LogP contribution in [0.3, 0.4) is 0 Å². The van der Waals surface area contributed by atoms with Crippen LogP contribution < -0.4 is 5.32 Å². The van der Waals surface area contributed by atoms with E-state index >= 15 is 0 Å². The summed E-state index contributed by atoms with van der Waals surface area (Å²) in [7, 11) is -1.76. The summed E-state index contributed by atoms with van der Waals surface area (Å²) in [5.74, 6) is -0.749. The van der Waals surface area contributed by atoms with Crippen LogP contribution in [0.5, 0.6) is 0 Å². The highest BCUT2D eigenvalue weighted by Crippen LogP contribution is 2.18. The average molecular weight is 402 g/mol. The van der Waals surface area contributed by atoms with Gasteiger partial charge in [0.1, 0.15) is 11.4 Å². The van der Waals surface area contributed by atoms with Crippen molar-refractivity contribution < 1.29 is 22.3 Å². The van der Waals surface area contributed by atoms with Crippen molar-refractivity contribution >= 4 is 16.1 Å². The van der Waals surface area contributed by atoms with E-state index in [4.69, 9.17) is 4.74 Å². The van der Waals surface area contributed by atoms with Crippen LogP contribution in [0.15, 0.2) is 24.3 Å². The van der Waals surface area contributed by atoms with Gasteiger partial charge in [0, 0.05) is 26.2 Å². The number of nitrogens with one attached hydrogen (secondary N) is 1. The van der Waals surface area contributed by atoms with E-state index in [1.54, 1.807) is 26.8 Å². The quantitative estimate of drug-likeness (QED) is 0.814. The minimum atomic E-state index is -3.66. The zero-order valence-corrected chi connectivity index (χ0v) is 17.1. The van der Waals surface area contributed by atoms with Crippen LogP contribution >= 0.6 is 0 Å². The number of alkyl carbamates (subject to hydrolysis) is 1. The summed E-state index contributed by atoms with van der Waals surface area (Å²) in [6, 6.07) is 5.16. The van der Waals surface area contributed by atoms with Gasteiger partial charge in [-0.15, -0.1) is 0 Å². The van der Waals surface area contributed by atoms with Crippen molar-refractivity contribution in [1.29, 1.82) is 0 Å². The lowest BCUT2D eigenvalue weighted by atomic mass is 10.2. The van der Waals surface area contributed by atoms with E-state index in [1.807, 2.05) is 11.9 Å². The molecule has 27 heavy (non-hydrogen) atoms. The maximum atomic E-state index is 13.4. The molecule has 1 N–H and O–H groups in total. The second-order valence-electron chi connectivity index (χ2n) is 7.80. The Labute approximate surface area is 160 Å². The van der Waals surface area contributed by atoms with Crippen molar-refractivity contribution in [2.45, 2.75) is 38.2 Å². The standard InChI is InChI=1S/C18H28FN3O4S/c1-18(2,3)26-17(23)20-11-16-12-21(4)8-9-22(16)27(24,25)13-14-6-5-7-15(19)10-14/h5-7,10,16H,8-9,11-13H2,1-4H3,(H,20,23)/t16-/m0/s1. The zero-order valence-electron chi connectivity index (χ0n) is 16.2. The second kappa shape index (κ2) is 8.53. The van der Waals surface area contributed by atoms with E-state index in [1.165, 1.54) is 22.5 Å². The van der Waals surface area contributed by atoms with Crippen molar-refractivity contribution in [2.24, 2.45) is 0 Å². The molecular weight excluding hydrogens is 373 g/mol. The minimum Gasteiger partial charge on any atom is -0.444 e. The highest BCUT2D eigenvalue weighted by molar-refractivity contribution is 7.88. The molecule has 0 aliphatic carbocycles. The number of halogens is 1. The molecular formula is C18H28FN3O4S.